The Kier molecular flexibility index (Phi) is 5.09. The molecule has 0 saturated heterocycles. The summed E-state index contributed by atoms with van der Waals surface area (Å²) >= 11 is 0. The molecule has 1 N–H and O–H groups in total. The van der Waals surface area contributed by atoms with Gasteiger partial charge in [-0.05, 0) is 43.9 Å². The molecule has 130 valence electrons. The minimum atomic E-state index is -0.287. The summed E-state index contributed by atoms with van der Waals surface area (Å²) in [4.78, 5) is 14.2. The predicted molar refractivity (Wildman–Crippen MR) is 93.6 cm³/mol. The van der Waals surface area contributed by atoms with Crippen LogP contribution in [0.4, 0.5) is 4.39 Å². The average molecular weight is 341 g/mol. The highest BCUT2D eigenvalue weighted by molar-refractivity contribution is 5.86. The van der Waals surface area contributed by atoms with Crippen molar-refractivity contribution in [2.45, 2.75) is 12.5 Å². The van der Waals surface area contributed by atoms with Gasteiger partial charge in [0.25, 0.3) is 0 Å². The second-order valence-electron chi connectivity index (χ2n) is 6.14. The maximum atomic E-state index is 13.5. The van der Waals surface area contributed by atoms with Crippen molar-refractivity contribution in [1.29, 1.82) is 0 Å². The Labute approximate surface area is 145 Å². The molecule has 3 rings (SSSR count). The molecule has 1 atom stereocenters. The fraction of sp³-hybridized carbons (Fsp3) is 0.263. The SMILES string of the molecule is CN(C)[C@@H](CNC(=O)Cc1noc2ccccc12)c1cccc(F)c1. The van der Waals surface area contributed by atoms with Crippen molar-refractivity contribution in [3.05, 3.63) is 65.6 Å². The van der Waals surface area contributed by atoms with Crippen LogP contribution in [-0.2, 0) is 11.2 Å². The van der Waals surface area contributed by atoms with Crippen LogP contribution in [0.2, 0.25) is 0 Å². The van der Waals surface area contributed by atoms with Gasteiger partial charge < -0.3 is 14.7 Å². The van der Waals surface area contributed by atoms with Gasteiger partial charge in [-0.1, -0.05) is 29.4 Å². The van der Waals surface area contributed by atoms with E-state index in [4.69, 9.17) is 4.52 Å². The summed E-state index contributed by atoms with van der Waals surface area (Å²) in [7, 11) is 3.79. The molecule has 0 radical (unpaired) electrons. The van der Waals surface area contributed by atoms with Crippen molar-refractivity contribution in [1.82, 2.24) is 15.4 Å². The van der Waals surface area contributed by atoms with Crippen molar-refractivity contribution in [2.75, 3.05) is 20.6 Å². The number of carbonyl (C=O) groups is 1. The van der Waals surface area contributed by atoms with E-state index in [1.807, 2.05) is 49.3 Å². The summed E-state index contributed by atoms with van der Waals surface area (Å²) in [5.41, 5.74) is 2.09. The number of fused-ring (bicyclic) bond motifs is 1. The van der Waals surface area contributed by atoms with E-state index in [1.54, 1.807) is 6.07 Å². The van der Waals surface area contributed by atoms with Crippen LogP contribution in [-0.4, -0.2) is 36.6 Å². The maximum Gasteiger partial charge on any atom is 0.226 e. The van der Waals surface area contributed by atoms with E-state index in [2.05, 4.69) is 10.5 Å². The van der Waals surface area contributed by atoms with Gasteiger partial charge in [-0.2, -0.15) is 0 Å². The number of aromatic nitrogens is 1. The fourth-order valence-corrected chi connectivity index (χ4v) is 2.80. The Bertz CT molecular complexity index is 876. The number of amides is 1. The van der Waals surface area contributed by atoms with Crippen LogP contribution in [0, 0.1) is 5.82 Å². The highest BCUT2D eigenvalue weighted by Crippen LogP contribution is 2.20. The van der Waals surface area contributed by atoms with Gasteiger partial charge in [0.1, 0.15) is 11.5 Å². The van der Waals surface area contributed by atoms with Crippen molar-refractivity contribution in [2.24, 2.45) is 0 Å². The van der Waals surface area contributed by atoms with Gasteiger partial charge in [0.2, 0.25) is 5.91 Å². The van der Waals surface area contributed by atoms with E-state index < -0.39 is 0 Å². The molecule has 5 nitrogen and oxygen atoms in total. The summed E-state index contributed by atoms with van der Waals surface area (Å²) in [6.07, 6.45) is 0.139. The van der Waals surface area contributed by atoms with E-state index in [9.17, 15) is 9.18 Å². The van der Waals surface area contributed by atoms with Gasteiger partial charge in [0.15, 0.2) is 5.58 Å². The summed E-state index contributed by atoms with van der Waals surface area (Å²) in [5, 5.41) is 7.71. The number of likely N-dealkylation sites (N-methyl/N-ethyl adjacent to an activating group) is 1. The second kappa shape index (κ2) is 7.44. The minimum Gasteiger partial charge on any atom is -0.356 e. The van der Waals surface area contributed by atoms with Crippen LogP contribution < -0.4 is 5.32 Å². The number of nitrogens with one attached hydrogen (secondary N) is 1. The smallest absolute Gasteiger partial charge is 0.226 e. The maximum absolute atomic E-state index is 13.5. The standard InChI is InChI=1S/C19H20FN3O2/c1-23(2)17(13-6-5-7-14(20)10-13)12-21-19(24)11-16-15-8-3-4-9-18(15)25-22-16/h3-10,17H,11-12H2,1-2H3,(H,21,24)/t17-/m0/s1. The van der Waals surface area contributed by atoms with Crippen LogP contribution in [0.1, 0.15) is 17.3 Å². The van der Waals surface area contributed by atoms with Crippen LogP contribution >= 0.6 is 0 Å². The van der Waals surface area contributed by atoms with Crippen molar-refractivity contribution >= 4 is 16.9 Å². The zero-order valence-electron chi connectivity index (χ0n) is 14.2. The van der Waals surface area contributed by atoms with E-state index in [-0.39, 0.29) is 24.2 Å². The molecule has 0 bridgehead atoms. The number of para-hydroxylation sites is 1. The number of hydrogen-bond donors (Lipinski definition) is 1. The normalized spacial score (nSPS) is 12.5. The Morgan fingerprint density at radius 2 is 2.04 bits per heavy atom. The number of benzene rings is 2. The van der Waals surface area contributed by atoms with E-state index in [1.165, 1.54) is 12.1 Å². The lowest BCUT2D eigenvalue weighted by Crippen LogP contribution is -2.35. The lowest BCUT2D eigenvalue weighted by molar-refractivity contribution is -0.120. The Morgan fingerprint density at radius 3 is 2.80 bits per heavy atom. The van der Waals surface area contributed by atoms with Gasteiger partial charge in [0.05, 0.1) is 12.5 Å². The molecule has 0 spiro atoms. The first kappa shape index (κ1) is 17.1. The number of hydrogen-bond acceptors (Lipinski definition) is 4. The van der Waals surface area contributed by atoms with Crippen molar-refractivity contribution in [3.8, 4) is 0 Å². The first-order chi connectivity index (χ1) is 12.0. The molecule has 6 heteroatoms. The highest BCUT2D eigenvalue weighted by atomic mass is 19.1. The number of halogens is 1. The third-order valence-electron chi connectivity index (χ3n) is 4.13. The molecule has 0 aliphatic rings. The predicted octanol–water partition coefficient (Wildman–Crippen LogP) is 2.93. The van der Waals surface area contributed by atoms with Gasteiger partial charge in [-0.15, -0.1) is 0 Å². The molecule has 25 heavy (non-hydrogen) atoms. The monoisotopic (exact) mass is 341 g/mol. The molecule has 0 aliphatic heterocycles. The topological polar surface area (TPSA) is 58.4 Å². The molecule has 0 unspecified atom stereocenters. The molecular weight excluding hydrogens is 321 g/mol. The molecule has 0 aliphatic carbocycles. The zero-order valence-corrected chi connectivity index (χ0v) is 14.2. The van der Waals surface area contributed by atoms with Crippen molar-refractivity contribution in [3.63, 3.8) is 0 Å². The highest BCUT2D eigenvalue weighted by Gasteiger charge is 2.17. The largest absolute Gasteiger partial charge is 0.356 e. The minimum absolute atomic E-state index is 0.117. The quantitative estimate of drug-likeness (QED) is 0.749. The van der Waals surface area contributed by atoms with Crippen LogP contribution in [0.5, 0.6) is 0 Å². The Morgan fingerprint density at radius 1 is 1.24 bits per heavy atom. The molecule has 1 heterocycles. The molecule has 2 aromatic carbocycles. The first-order valence-corrected chi connectivity index (χ1v) is 8.06. The molecule has 0 fully saturated rings. The molecule has 0 saturated carbocycles. The summed E-state index contributed by atoms with van der Waals surface area (Å²) < 4.78 is 18.7. The average Bonchev–Trinajstić information content (AvgIpc) is 2.98. The number of rotatable bonds is 6. The van der Waals surface area contributed by atoms with Gasteiger partial charge in [-0.25, -0.2) is 4.39 Å². The molecule has 1 amide bonds. The second-order valence-corrected chi connectivity index (χ2v) is 6.14. The Balaban J connectivity index is 1.66. The molecule has 3 aromatic rings. The van der Waals surface area contributed by atoms with Crippen molar-refractivity contribution < 1.29 is 13.7 Å². The van der Waals surface area contributed by atoms with Gasteiger partial charge in [0, 0.05) is 11.9 Å². The molecule has 1 aromatic heterocycles. The molecular formula is C19H20FN3O2. The van der Waals surface area contributed by atoms with Crippen LogP contribution in [0.3, 0.4) is 0 Å². The van der Waals surface area contributed by atoms with Crippen LogP contribution in [0.25, 0.3) is 11.0 Å². The number of nitrogens with zero attached hydrogens (tertiary/aromatic N) is 2. The number of carbonyl (C=O) groups excluding carboxylic acids is 1. The summed E-state index contributed by atoms with van der Waals surface area (Å²) in [6, 6.07) is 13.7. The van der Waals surface area contributed by atoms with Gasteiger partial charge in [-0.3, -0.25) is 4.79 Å². The third kappa shape index (κ3) is 4.03. The van der Waals surface area contributed by atoms with Crippen LogP contribution in [0.15, 0.2) is 53.1 Å². The zero-order chi connectivity index (χ0) is 17.8. The first-order valence-electron chi connectivity index (χ1n) is 8.06. The Hall–Kier alpha value is -2.73. The summed E-state index contributed by atoms with van der Waals surface area (Å²) in [5.74, 6) is -0.438. The third-order valence-corrected chi connectivity index (χ3v) is 4.13. The fourth-order valence-electron chi connectivity index (χ4n) is 2.80. The van der Waals surface area contributed by atoms with Gasteiger partial charge >= 0.3 is 0 Å². The van der Waals surface area contributed by atoms with E-state index in [0.29, 0.717) is 17.8 Å². The lowest BCUT2D eigenvalue weighted by Gasteiger charge is -2.25. The summed E-state index contributed by atoms with van der Waals surface area (Å²) in [6.45, 7) is 0.380. The van der Waals surface area contributed by atoms with E-state index >= 15 is 0 Å². The van der Waals surface area contributed by atoms with E-state index in [0.717, 1.165) is 10.9 Å². The lowest BCUT2D eigenvalue weighted by atomic mass is 10.1.